The van der Waals surface area contributed by atoms with Crippen molar-refractivity contribution in [3.8, 4) is 11.1 Å². The number of thiophene rings is 1. The second-order valence-corrected chi connectivity index (χ2v) is 8.70. The van der Waals surface area contributed by atoms with Gasteiger partial charge in [0.25, 0.3) is 5.56 Å². The molecule has 0 radical (unpaired) electrons. The van der Waals surface area contributed by atoms with E-state index in [9.17, 15) is 14.4 Å². The molecule has 168 valence electrons. The van der Waals surface area contributed by atoms with Crippen LogP contribution in [-0.2, 0) is 9.53 Å². The fraction of sp³-hybridized carbons (Fsp3) is 0.200. The van der Waals surface area contributed by atoms with Gasteiger partial charge in [-0.15, -0.1) is 11.3 Å². The molecule has 0 fully saturated rings. The van der Waals surface area contributed by atoms with Gasteiger partial charge in [0.1, 0.15) is 10.9 Å². The highest BCUT2D eigenvalue weighted by atomic mass is 32.1. The van der Waals surface area contributed by atoms with Gasteiger partial charge >= 0.3 is 5.97 Å². The highest BCUT2D eigenvalue weighted by Crippen LogP contribution is 2.33. The maximum Gasteiger partial charge on any atom is 0.337 e. The molecule has 7 nitrogen and oxygen atoms in total. The summed E-state index contributed by atoms with van der Waals surface area (Å²) < 4.78 is 6.06. The third-order valence-corrected chi connectivity index (χ3v) is 6.43. The standard InChI is InChI=1S/C25H23N3O4S/c1-14-8-9-19(15(2)10-14)20-12-33-23-21(20)24(30)28(13-26-23)16(3)22(29)27-18-7-5-6-17(11-18)25(31)32-4/h5-13,16H,1-4H3,(H,27,29). The van der Waals surface area contributed by atoms with E-state index in [-0.39, 0.29) is 5.56 Å². The lowest BCUT2D eigenvalue weighted by Crippen LogP contribution is -2.31. The van der Waals surface area contributed by atoms with Crippen molar-refractivity contribution in [2.24, 2.45) is 0 Å². The quantitative estimate of drug-likeness (QED) is 0.434. The number of aromatic nitrogens is 2. The first-order valence-electron chi connectivity index (χ1n) is 10.4. The summed E-state index contributed by atoms with van der Waals surface area (Å²) in [5.74, 6) is -0.898. The Bertz CT molecular complexity index is 1440. The molecule has 0 aliphatic heterocycles. The number of hydrogen-bond donors (Lipinski definition) is 1. The maximum atomic E-state index is 13.4. The topological polar surface area (TPSA) is 90.3 Å². The summed E-state index contributed by atoms with van der Waals surface area (Å²) in [5.41, 5.74) is 4.48. The summed E-state index contributed by atoms with van der Waals surface area (Å²) in [6.07, 6.45) is 1.40. The molecule has 1 unspecified atom stereocenters. The van der Waals surface area contributed by atoms with Gasteiger partial charge in [-0.3, -0.25) is 14.2 Å². The number of esters is 1. The molecule has 0 saturated heterocycles. The molecule has 1 N–H and O–H groups in total. The summed E-state index contributed by atoms with van der Waals surface area (Å²) >= 11 is 1.40. The SMILES string of the molecule is COC(=O)c1cccc(NC(=O)C(C)n2cnc3scc(-c4ccc(C)cc4C)c3c2=O)c1. The van der Waals surface area contributed by atoms with Crippen molar-refractivity contribution in [1.29, 1.82) is 0 Å². The Balaban J connectivity index is 1.68. The molecule has 2 aromatic heterocycles. The van der Waals surface area contributed by atoms with E-state index in [2.05, 4.69) is 16.4 Å². The van der Waals surface area contributed by atoms with Crippen LogP contribution >= 0.6 is 11.3 Å². The number of nitrogens with zero attached hydrogens (tertiary/aromatic N) is 2. The first kappa shape index (κ1) is 22.4. The summed E-state index contributed by atoms with van der Waals surface area (Å²) in [6.45, 7) is 5.68. The molecule has 0 aliphatic carbocycles. The van der Waals surface area contributed by atoms with Crippen LogP contribution in [-0.4, -0.2) is 28.5 Å². The summed E-state index contributed by atoms with van der Waals surface area (Å²) in [7, 11) is 1.29. The minimum Gasteiger partial charge on any atom is -0.465 e. The lowest BCUT2D eigenvalue weighted by molar-refractivity contribution is -0.118. The molecule has 2 heterocycles. The number of amides is 1. The number of hydrogen-bond acceptors (Lipinski definition) is 6. The number of benzene rings is 2. The van der Waals surface area contributed by atoms with Crippen LogP contribution in [0.15, 0.2) is 59.0 Å². The summed E-state index contributed by atoms with van der Waals surface area (Å²) in [6, 6.07) is 11.7. The zero-order chi connectivity index (χ0) is 23.7. The zero-order valence-electron chi connectivity index (χ0n) is 18.7. The Morgan fingerprint density at radius 2 is 1.91 bits per heavy atom. The number of nitrogens with one attached hydrogen (secondary N) is 1. The van der Waals surface area contributed by atoms with E-state index in [1.165, 1.54) is 35.4 Å². The van der Waals surface area contributed by atoms with Gasteiger partial charge in [0.2, 0.25) is 5.91 Å². The van der Waals surface area contributed by atoms with E-state index >= 15 is 0 Å². The molecular formula is C25H23N3O4S. The van der Waals surface area contributed by atoms with E-state index < -0.39 is 17.9 Å². The Kier molecular flexibility index (Phi) is 6.11. The fourth-order valence-corrected chi connectivity index (χ4v) is 4.65. The van der Waals surface area contributed by atoms with E-state index in [1.807, 2.05) is 31.4 Å². The number of anilines is 1. The number of fused-ring (bicyclic) bond motifs is 1. The van der Waals surface area contributed by atoms with Crippen molar-refractivity contribution >= 4 is 39.1 Å². The monoisotopic (exact) mass is 461 g/mol. The van der Waals surface area contributed by atoms with Crippen LogP contribution in [0.25, 0.3) is 21.3 Å². The first-order valence-corrected chi connectivity index (χ1v) is 11.2. The van der Waals surface area contributed by atoms with Crippen molar-refractivity contribution in [3.05, 3.63) is 81.2 Å². The van der Waals surface area contributed by atoms with Gasteiger partial charge in [0, 0.05) is 16.6 Å². The van der Waals surface area contributed by atoms with E-state index in [1.54, 1.807) is 25.1 Å². The number of aryl methyl sites for hydroxylation is 2. The lowest BCUT2D eigenvalue weighted by atomic mass is 9.99. The molecule has 1 amide bonds. The molecule has 4 rings (SSSR count). The zero-order valence-corrected chi connectivity index (χ0v) is 19.5. The lowest BCUT2D eigenvalue weighted by Gasteiger charge is -2.15. The number of methoxy groups -OCH3 is 1. The predicted octanol–water partition coefficient (Wildman–Crippen LogP) is 4.73. The molecule has 1 atom stereocenters. The number of carbonyl (C=O) groups is 2. The van der Waals surface area contributed by atoms with Gasteiger partial charge in [-0.05, 0) is 50.1 Å². The molecule has 0 saturated carbocycles. The van der Waals surface area contributed by atoms with Gasteiger partial charge in [0.15, 0.2) is 0 Å². The Morgan fingerprint density at radius 1 is 1.12 bits per heavy atom. The van der Waals surface area contributed by atoms with Crippen LogP contribution in [0.5, 0.6) is 0 Å². The Hall–Kier alpha value is -3.78. The molecule has 0 aliphatic rings. The predicted molar refractivity (Wildman–Crippen MR) is 130 cm³/mol. The highest BCUT2D eigenvalue weighted by molar-refractivity contribution is 7.17. The van der Waals surface area contributed by atoms with Crippen LogP contribution < -0.4 is 10.9 Å². The first-order chi connectivity index (χ1) is 15.8. The van der Waals surface area contributed by atoms with Crippen LogP contribution in [0.1, 0.15) is 34.5 Å². The van der Waals surface area contributed by atoms with Crippen LogP contribution in [0.3, 0.4) is 0 Å². The van der Waals surface area contributed by atoms with Gasteiger partial charge in [0.05, 0.1) is 24.4 Å². The number of rotatable bonds is 5. The van der Waals surface area contributed by atoms with E-state index in [0.717, 1.165) is 22.3 Å². The second kappa shape index (κ2) is 8.99. The van der Waals surface area contributed by atoms with Crippen molar-refractivity contribution in [2.45, 2.75) is 26.8 Å². The van der Waals surface area contributed by atoms with Crippen molar-refractivity contribution in [1.82, 2.24) is 9.55 Å². The van der Waals surface area contributed by atoms with Gasteiger partial charge in [-0.2, -0.15) is 0 Å². The van der Waals surface area contributed by atoms with Gasteiger partial charge in [-0.25, -0.2) is 9.78 Å². The van der Waals surface area contributed by atoms with Crippen LogP contribution in [0.2, 0.25) is 0 Å². The third-order valence-electron chi connectivity index (χ3n) is 5.54. The summed E-state index contributed by atoms with van der Waals surface area (Å²) in [5, 5.41) is 5.19. The van der Waals surface area contributed by atoms with Crippen LogP contribution in [0.4, 0.5) is 5.69 Å². The Labute approximate surface area is 194 Å². The smallest absolute Gasteiger partial charge is 0.337 e. The fourth-order valence-electron chi connectivity index (χ4n) is 3.75. The molecule has 8 heteroatoms. The molecular weight excluding hydrogens is 438 g/mol. The maximum absolute atomic E-state index is 13.4. The summed E-state index contributed by atoms with van der Waals surface area (Å²) in [4.78, 5) is 43.2. The van der Waals surface area contributed by atoms with Gasteiger partial charge < -0.3 is 10.1 Å². The molecule has 33 heavy (non-hydrogen) atoms. The highest BCUT2D eigenvalue weighted by Gasteiger charge is 2.21. The average Bonchev–Trinajstić information content (AvgIpc) is 3.23. The van der Waals surface area contributed by atoms with E-state index in [0.29, 0.717) is 21.5 Å². The number of carbonyl (C=O) groups excluding carboxylic acids is 2. The second-order valence-electron chi connectivity index (χ2n) is 7.84. The normalized spacial score (nSPS) is 11.9. The molecule has 2 aromatic carbocycles. The van der Waals surface area contributed by atoms with Crippen molar-refractivity contribution in [3.63, 3.8) is 0 Å². The van der Waals surface area contributed by atoms with Gasteiger partial charge in [-0.1, -0.05) is 29.8 Å². The minimum atomic E-state index is -0.817. The minimum absolute atomic E-state index is 0.276. The molecule has 4 aromatic rings. The number of ether oxygens (including phenoxy) is 1. The molecule has 0 spiro atoms. The third kappa shape index (κ3) is 4.29. The molecule has 0 bridgehead atoms. The van der Waals surface area contributed by atoms with E-state index in [4.69, 9.17) is 4.74 Å². The largest absolute Gasteiger partial charge is 0.465 e. The van der Waals surface area contributed by atoms with Crippen molar-refractivity contribution < 1.29 is 14.3 Å². The Morgan fingerprint density at radius 3 is 2.64 bits per heavy atom. The average molecular weight is 462 g/mol. The van der Waals surface area contributed by atoms with Crippen LogP contribution in [0, 0.1) is 13.8 Å². The van der Waals surface area contributed by atoms with Crippen molar-refractivity contribution in [2.75, 3.05) is 12.4 Å².